The number of nitriles is 1. The van der Waals surface area contributed by atoms with Gasteiger partial charge in [0.1, 0.15) is 12.4 Å². The molecule has 4 aliphatic heterocycles. The molecule has 3 atom stereocenters. The molecule has 246 valence electrons. The van der Waals surface area contributed by atoms with Gasteiger partial charge in [0.15, 0.2) is 5.83 Å². The molecule has 1 amide bonds. The van der Waals surface area contributed by atoms with E-state index < -0.39 is 29.2 Å². The molecule has 3 fully saturated rings. The molecule has 9 nitrogen and oxygen atoms in total. The summed E-state index contributed by atoms with van der Waals surface area (Å²) in [6.45, 7) is 4.31. The molecule has 47 heavy (non-hydrogen) atoms. The van der Waals surface area contributed by atoms with Gasteiger partial charge < -0.3 is 19.3 Å². The van der Waals surface area contributed by atoms with E-state index in [1.165, 1.54) is 4.90 Å². The van der Waals surface area contributed by atoms with Crippen LogP contribution in [0, 0.1) is 11.3 Å². The van der Waals surface area contributed by atoms with E-state index in [2.05, 4.69) is 12.6 Å². The minimum absolute atomic E-state index is 0.0147. The van der Waals surface area contributed by atoms with Crippen LogP contribution < -0.4 is 9.64 Å². The monoisotopic (exact) mass is 666 g/mol. The molecular weight excluding hydrogens is 633 g/mol. The zero-order valence-electron chi connectivity index (χ0n) is 25.7. The second kappa shape index (κ2) is 12.3. The number of benzene rings is 2. The van der Waals surface area contributed by atoms with Gasteiger partial charge in [0.2, 0.25) is 0 Å². The first-order valence-corrected chi connectivity index (χ1v) is 16.2. The van der Waals surface area contributed by atoms with Gasteiger partial charge in [-0.1, -0.05) is 48.5 Å². The molecule has 3 saturated heterocycles. The Morgan fingerprint density at radius 1 is 1.19 bits per heavy atom. The van der Waals surface area contributed by atoms with E-state index in [0.29, 0.717) is 42.5 Å². The number of hydrogen-bond acceptors (Lipinski definition) is 8. The van der Waals surface area contributed by atoms with Crippen LogP contribution in [0.2, 0.25) is 5.02 Å². The zero-order chi connectivity index (χ0) is 32.9. The Morgan fingerprint density at radius 2 is 2.00 bits per heavy atom. The van der Waals surface area contributed by atoms with Crippen molar-refractivity contribution in [2.45, 2.75) is 62.3 Å². The van der Waals surface area contributed by atoms with Gasteiger partial charge in [-0.25, -0.2) is 13.2 Å². The van der Waals surface area contributed by atoms with Gasteiger partial charge in [0, 0.05) is 48.4 Å². The zero-order valence-corrected chi connectivity index (χ0v) is 26.5. The highest BCUT2D eigenvalue weighted by Crippen LogP contribution is 2.46. The number of rotatable bonds is 7. The number of fused-ring (bicyclic) bond motifs is 3. The SMILES string of the molecule is C=C(F)C(=O)N1CCN(c2nc(OCC34CCCN3CC(F)(F)C4)nc3c2COC(c2cccc4cccc(Cl)c24)C3)C[C@@H]1CC#N. The number of ether oxygens (including phenoxy) is 2. The molecule has 2 aromatic carbocycles. The number of hydrogen-bond donors (Lipinski definition) is 0. The summed E-state index contributed by atoms with van der Waals surface area (Å²) in [5, 5.41) is 12.0. The average Bonchev–Trinajstić information content (AvgIpc) is 3.54. The number of halogens is 4. The van der Waals surface area contributed by atoms with E-state index in [1.807, 2.05) is 46.2 Å². The fourth-order valence-electron chi connectivity index (χ4n) is 7.77. The van der Waals surface area contributed by atoms with Crippen LogP contribution >= 0.6 is 11.6 Å². The van der Waals surface area contributed by atoms with Crippen molar-refractivity contribution in [3.8, 4) is 12.1 Å². The maximum absolute atomic E-state index is 14.5. The third kappa shape index (κ3) is 5.90. The summed E-state index contributed by atoms with van der Waals surface area (Å²) in [7, 11) is 0. The molecule has 0 spiro atoms. The van der Waals surface area contributed by atoms with Crippen molar-refractivity contribution in [3.05, 3.63) is 70.6 Å². The van der Waals surface area contributed by atoms with Gasteiger partial charge in [-0.05, 0) is 36.4 Å². The molecule has 13 heteroatoms. The van der Waals surface area contributed by atoms with Gasteiger partial charge in [-0.3, -0.25) is 9.69 Å². The van der Waals surface area contributed by atoms with Gasteiger partial charge in [0.05, 0.1) is 49.0 Å². The summed E-state index contributed by atoms with van der Waals surface area (Å²) in [6, 6.07) is 13.2. The lowest BCUT2D eigenvalue weighted by molar-refractivity contribution is -0.131. The molecule has 0 radical (unpaired) electrons. The minimum Gasteiger partial charge on any atom is -0.461 e. The summed E-state index contributed by atoms with van der Waals surface area (Å²) >= 11 is 6.65. The van der Waals surface area contributed by atoms with Crippen molar-refractivity contribution in [2.75, 3.05) is 44.2 Å². The first-order valence-electron chi connectivity index (χ1n) is 15.8. The van der Waals surface area contributed by atoms with E-state index >= 15 is 0 Å². The maximum Gasteiger partial charge on any atom is 0.318 e. The summed E-state index contributed by atoms with van der Waals surface area (Å²) in [5.74, 6) is -4.19. The van der Waals surface area contributed by atoms with Crippen molar-refractivity contribution in [2.24, 2.45) is 0 Å². The second-order valence-electron chi connectivity index (χ2n) is 12.9. The topological polar surface area (TPSA) is 94.8 Å². The van der Waals surface area contributed by atoms with Crippen molar-refractivity contribution in [1.29, 1.82) is 5.26 Å². The van der Waals surface area contributed by atoms with Crippen LogP contribution in [0.3, 0.4) is 0 Å². The molecule has 0 N–H and O–H groups in total. The second-order valence-corrected chi connectivity index (χ2v) is 13.3. The normalized spacial score (nSPS) is 25.3. The summed E-state index contributed by atoms with van der Waals surface area (Å²) in [4.78, 5) is 27.2. The quantitative estimate of drug-likeness (QED) is 0.294. The van der Waals surface area contributed by atoms with E-state index in [0.717, 1.165) is 28.3 Å². The predicted octanol–water partition coefficient (Wildman–Crippen LogP) is 5.76. The number of carbonyl (C=O) groups is 1. The molecule has 1 aromatic heterocycles. The minimum atomic E-state index is -2.78. The van der Waals surface area contributed by atoms with Crippen LogP contribution in [0.15, 0.2) is 48.8 Å². The van der Waals surface area contributed by atoms with Gasteiger partial charge >= 0.3 is 6.01 Å². The summed E-state index contributed by atoms with van der Waals surface area (Å²) in [5.41, 5.74) is 1.56. The lowest BCUT2D eigenvalue weighted by Gasteiger charge is -2.42. The molecule has 3 aromatic rings. The fraction of sp³-hybridized carbons (Fsp3) is 0.471. The highest BCUT2D eigenvalue weighted by atomic mass is 35.5. The number of nitrogens with zero attached hydrogens (tertiary/aromatic N) is 6. The van der Waals surface area contributed by atoms with Crippen LogP contribution in [0.25, 0.3) is 10.8 Å². The Bertz CT molecular complexity index is 1780. The first-order chi connectivity index (χ1) is 22.6. The average molecular weight is 667 g/mol. The summed E-state index contributed by atoms with van der Waals surface area (Å²) < 4.78 is 55.5. The lowest BCUT2D eigenvalue weighted by atomic mass is 9.94. The van der Waals surface area contributed by atoms with Crippen LogP contribution in [-0.2, 0) is 22.6 Å². The van der Waals surface area contributed by atoms with E-state index in [4.69, 9.17) is 31.0 Å². The number of piperazine rings is 1. The Kier molecular flexibility index (Phi) is 8.27. The third-order valence-corrected chi connectivity index (χ3v) is 10.2. The molecule has 0 bridgehead atoms. The van der Waals surface area contributed by atoms with Crippen LogP contribution in [0.5, 0.6) is 6.01 Å². The number of amides is 1. The Morgan fingerprint density at radius 3 is 2.79 bits per heavy atom. The largest absolute Gasteiger partial charge is 0.461 e. The molecule has 0 aliphatic carbocycles. The predicted molar refractivity (Wildman–Crippen MR) is 169 cm³/mol. The molecule has 2 unspecified atom stereocenters. The van der Waals surface area contributed by atoms with Crippen LogP contribution in [-0.4, -0.2) is 82.5 Å². The van der Waals surface area contributed by atoms with Gasteiger partial charge in [0.25, 0.3) is 11.8 Å². The highest BCUT2D eigenvalue weighted by Gasteiger charge is 2.57. The van der Waals surface area contributed by atoms with Crippen LogP contribution in [0.4, 0.5) is 19.0 Å². The first kappa shape index (κ1) is 31.7. The molecule has 7 rings (SSSR count). The smallest absolute Gasteiger partial charge is 0.318 e. The van der Waals surface area contributed by atoms with Crippen molar-refractivity contribution >= 4 is 34.1 Å². The number of anilines is 1. The van der Waals surface area contributed by atoms with E-state index in [9.17, 15) is 23.2 Å². The fourth-order valence-corrected chi connectivity index (χ4v) is 8.06. The van der Waals surface area contributed by atoms with Gasteiger partial charge in [-0.2, -0.15) is 15.2 Å². The van der Waals surface area contributed by atoms with E-state index in [-0.39, 0.29) is 57.8 Å². The van der Waals surface area contributed by atoms with E-state index in [1.54, 1.807) is 0 Å². The number of aromatic nitrogens is 2. The van der Waals surface area contributed by atoms with Gasteiger partial charge in [-0.15, -0.1) is 0 Å². The molecule has 5 heterocycles. The standard InChI is InChI=1S/C34H34ClF3N6O3/c1-21(36)31(45)44-14-13-42(16-23(44)9-11-39)30-25-17-46-28(24-7-2-5-22-6-3-8-26(35)29(22)24)15-27(25)40-32(41-30)47-20-33-10-4-12-43(33)19-34(37,38)18-33/h2-3,5-8,23,28H,1,4,9-10,12-20H2/t23-,28?,33?/m0/s1. The Balaban J connectivity index is 1.23. The van der Waals surface area contributed by atoms with Crippen molar-refractivity contribution < 1.29 is 27.4 Å². The number of carbonyl (C=O) groups excluding carboxylic acids is 1. The maximum atomic E-state index is 14.5. The Hall–Kier alpha value is -3.92. The molecular formula is C34H34ClF3N6O3. The molecule has 4 aliphatic rings. The highest BCUT2D eigenvalue weighted by molar-refractivity contribution is 6.35. The Labute approximate surface area is 275 Å². The third-order valence-electron chi connectivity index (χ3n) is 9.91. The lowest BCUT2D eigenvalue weighted by Crippen LogP contribution is -2.55. The van der Waals surface area contributed by atoms with Crippen molar-refractivity contribution in [1.82, 2.24) is 19.8 Å². The number of alkyl halides is 2. The van der Waals surface area contributed by atoms with Crippen molar-refractivity contribution in [3.63, 3.8) is 0 Å². The molecule has 0 saturated carbocycles. The van der Waals surface area contributed by atoms with Crippen LogP contribution in [0.1, 0.15) is 48.6 Å². The summed E-state index contributed by atoms with van der Waals surface area (Å²) in [6.07, 6.45) is 1.12.